The lowest BCUT2D eigenvalue weighted by Gasteiger charge is -2.14. The molecule has 1 aromatic carbocycles. The number of Topliss-reactive ketones (excluding diaryl/α,β-unsaturated/α-hetero) is 1. The van der Waals surface area contributed by atoms with E-state index in [1.807, 2.05) is 13.0 Å². The van der Waals surface area contributed by atoms with Crippen molar-refractivity contribution in [2.75, 3.05) is 11.5 Å². The van der Waals surface area contributed by atoms with E-state index < -0.39 is 23.0 Å². The first-order chi connectivity index (χ1) is 17.1. The fraction of sp³-hybridized carbons (Fsp3) is 0.185. The molecule has 0 unspecified atom stereocenters. The van der Waals surface area contributed by atoms with Crippen LogP contribution in [-0.2, 0) is 6.42 Å². The molecule has 9 heteroatoms. The van der Waals surface area contributed by atoms with E-state index in [9.17, 15) is 9.18 Å². The highest BCUT2D eigenvalue weighted by atomic mass is 19.1. The number of nitrogens with two attached hydrogens (primary N) is 2. The Kier molecular flexibility index (Phi) is 6.91. The largest absolute Gasteiger partial charge is 0.488 e. The summed E-state index contributed by atoms with van der Waals surface area (Å²) in [6, 6.07) is 10.4. The number of ketones is 1. The molecule has 3 aromatic heterocycles. The van der Waals surface area contributed by atoms with Crippen molar-refractivity contribution in [1.29, 1.82) is 0 Å². The maximum absolute atomic E-state index is 15.1. The van der Waals surface area contributed by atoms with Crippen LogP contribution in [0.25, 0.3) is 22.4 Å². The molecule has 0 aliphatic carbocycles. The molecular weight excluding hydrogens is 464 g/mol. The van der Waals surface area contributed by atoms with Gasteiger partial charge in [0.15, 0.2) is 17.3 Å². The molecule has 0 aliphatic heterocycles. The third kappa shape index (κ3) is 5.14. The van der Waals surface area contributed by atoms with Gasteiger partial charge in [-0.15, -0.1) is 0 Å². The van der Waals surface area contributed by atoms with E-state index in [1.54, 1.807) is 38.4 Å². The molecule has 0 aliphatic rings. The summed E-state index contributed by atoms with van der Waals surface area (Å²) in [5, 5.41) is 0. The van der Waals surface area contributed by atoms with Gasteiger partial charge in [0.05, 0.1) is 23.0 Å². The van der Waals surface area contributed by atoms with Crippen molar-refractivity contribution >= 4 is 17.3 Å². The van der Waals surface area contributed by atoms with E-state index in [1.165, 1.54) is 18.2 Å². The fourth-order valence-electron chi connectivity index (χ4n) is 3.90. The van der Waals surface area contributed by atoms with Gasteiger partial charge in [0.25, 0.3) is 0 Å². The van der Waals surface area contributed by atoms with Crippen molar-refractivity contribution in [3.8, 4) is 28.1 Å². The van der Waals surface area contributed by atoms with Crippen LogP contribution in [0.5, 0.6) is 5.75 Å². The number of benzene rings is 1. The summed E-state index contributed by atoms with van der Waals surface area (Å²) in [7, 11) is 0. The molecule has 4 aromatic rings. The Morgan fingerprint density at radius 2 is 1.83 bits per heavy atom. The zero-order valence-electron chi connectivity index (χ0n) is 20.0. The van der Waals surface area contributed by atoms with E-state index in [-0.39, 0.29) is 35.3 Å². The molecule has 0 fully saturated rings. The maximum atomic E-state index is 15.1. The molecule has 3 heterocycles. The third-order valence-electron chi connectivity index (χ3n) is 5.40. The van der Waals surface area contributed by atoms with E-state index >= 15 is 4.39 Å². The summed E-state index contributed by atoms with van der Waals surface area (Å²) in [6.45, 7) is 5.28. The predicted octanol–water partition coefficient (Wildman–Crippen LogP) is 5.17. The first kappa shape index (κ1) is 24.7. The minimum absolute atomic E-state index is 0.0688. The lowest BCUT2D eigenvalue weighted by molar-refractivity contribution is 0.0989. The number of nitrogens with zero attached hydrogens (tertiary/aromatic N) is 3. The van der Waals surface area contributed by atoms with Gasteiger partial charge in [0.1, 0.15) is 17.3 Å². The molecule has 36 heavy (non-hydrogen) atoms. The number of aryl methyl sites for hydroxylation is 1. The van der Waals surface area contributed by atoms with Gasteiger partial charge in [-0.25, -0.2) is 18.7 Å². The monoisotopic (exact) mass is 489 g/mol. The van der Waals surface area contributed by atoms with E-state index in [2.05, 4.69) is 15.0 Å². The van der Waals surface area contributed by atoms with E-state index in [0.717, 1.165) is 22.9 Å². The normalized spacial score (nSPS) is 11.1. The summed E-state index contributed by atoms with van der Waals surface area (Å²) in [5.41, 5.74) is 14.4. The number of carbonyl (C=O) groups is 1. The number of rotatable bonds is 7. The number of aromatic nitrogens is 3. The third-order valence-corrected chi connectivity index (χ3v) is 5.40. The van der Waals surface area contributed by atoms with Crippen LogP contribution in [0.15, 0.2) is 54.9 Å². The second-order valence-corrected chi connectivity index (χ2v) is 8.59. The highest BCUT2D eigenvalue weighted by Gasteiger charge is 2.22. The van der Waals surface area contributed by atoms with Gasteiger partial charge >= 0.3 is 0 Å². The lowest BCUT2D eigenvalue weighted by atomic mass is 9.97. The number of hydrogen-bond donors (Lipinski definition) is 2. The predicted molar refractivity (Wildman–Crippen MR) is 134 cm³/mol. The molecular formula is C27H25F2N5O2. The molecule has 184 valence electrons. The topological polar surface area (TPSA) is 117 Å². The molecule has 4 N–H and O–H groups in total. The van der Waals surface area contributed by atoms with Crippen LogP contribution in [0, 0.1) is 18.6 Å². The molecule has 0 atom stereocenters. The summed E-state index contributed by atoms with van der Waals surface area (Å²) < 4.78 is 35.2. The number of pyridine rings is 3. The number of anilines is 2. The van der Waals surface area contributed by atoms with Crippen molar-refractivity contribution in [1.82, 2.24) is 15.0 Å². The zero-order valence-corrected chi connectivity index (χ0v) is 20.0. The average Bonchev–Trinajstić information content (AvgIpc) is 2.81. The molecule has 0 saturated heterocycles. The second-order valence-electron chi connectivity index (χ2n) is 8.59. The summed E-state index contributed by atoms with van der Waals surface area (Å²) >= 11 is 0. The molecule has 0 amide bonds. The summed E-state index contributed by atoms with van der Waals surface area (Å²) in [4.78, 5) is 25.9. The minimum atomic E-state index is -0.903. The highest BCUT2D eigenvalue weighted by Crippen LogP contribution is 2.33. The molecule has 0 spiro atoms. The minimum Gasteiger partial charge on any atom is -0.488 e. The van der Waals surface area contributed by atoms with Gasteiger partial charge in [-0.05, 0) is 79.9 Å². The van der Waals surface area contributed by atoms with Crippen molar-refractivity contribution < 1.29 is 18.3 Å². The van der Waals surface area contributed by atoms with Crippen LogP contribution in [0.2, 0.25) is 0 Å². The lowest BCUT2D eigenvalue weighted by Crippen LogP contribution is -2.12. The van der Waals surface area contributed by atoms with Gasteiger partial charge in [-0.2, -0.15) is 0 Å². The molecule has 0 bridgehead atoms. The van der Waals surface area contributed by atoms with Gasteiger partial charge in [-0.1, -0.05) is 0 Å². The van der Waals surface area contributed by atoms with Gasteiger partial charge in [0, 0.05) is 24.5 Å². The highest BCUT2D eigenvalue weighted by molar-refractivity contribution is 6.01. The summed E-state index contributed by atoms with van der Waals surface area (Å²) in [6.07, 6.45) is 2.78. The number of halogens is 2. The standard InChI is InChI=1S/C27H25F2N5O2/c1-14(2)36-23-7-4-19(28)25(26(23)29)21-6-5-20(30)27(34-21)22(35)11-17-13-32-9-8-18(17)16-10-15(3)33-24(31)12-16/h4-10,12-14H,11,30H2,1-3H3,(H2,31,33). The number of nitrogen functional groups attached to an aromatic ring is 2. The van der Waals surface area contributed by atoms with E-state index in [0.29, 0.717) is 11.4 Å². The molecule has 0 saturated carbocycles. The first-order valence-corrected chi connectivity index (χ1v) is 11.3. The number of hydrogen-bond acceptors (Lipinski definition) is 7. The Hall–Kier alpha value is -4.40. The van der Waals surface area contributed by atoms with Crippen LogP contribution in [-0.4, -0.2) is 26.8 Å². The van der Waals surface area contributed by atoms with Crippen LogP contribution in [0.1, 0.15) is 35.6 Å². The smallest absolute Gasteiger partial charge is 0.187 e. The van der Waals surface area contributed by atoms with Crippen molar-refractivity contribution in [2.45, 2.75) is 33.3 Å². The first-order valence-electron chi connectivity index (χ1n) is 11.3. The quantitative estimate of drug-likeness (QED) is 0.344. The van der Waals surface area contributed by atoms with Crippen molar-refractivity contribution in [2.24, 2.45) is 0 Å². The van der Waals surface area contributed by atoms with Gasteiger partial charge in [-0.3, -0.25) is 9.78 Å². The van der Waals surface area contributed by atoms with Gasteiger partial charge in [0.2, 0.25) is 0 Å². The van der Waals surface area contributed by atoms with Crippen LogP contribution in [0.4, 0.5) is 20.3 Å². The Morgan fingerprint density at radius 3 is 2.56 bits per heavy atom. The number of carbonyl (C=O) groups excluding carboxylic acids is 1. The Labute approximate surface area is 207 Å². The number of ether oxygens (including phenoxy) is 1. The Morgan fingerprint density at radius 1 is 1.06 bits per heavy atom. The molecule has 4 rings (SSSR count). The fourth-order valence-corrected chi connectivity index (χ4v) is 3.90. The molecule has 7 nitrogen and oxygen atoms in total. The maximum Gasteiger partial charge on any atom is 0.187 e. The van der Waals surface area contributed by atoms with E-state index in [4.69, 9.17) is 16.2 Å². The zero-order chi connectivity index (χ0) is 26.0. The van der Waals surface area contributed by atoms with Crippen molar-refractivity contribution in [3.63, 3.8) is 0 Å². The Bertz CT molecular complexity index is 1440. The SMILES string of the molecule is Cc1cc(-c2ccncc2CC(=O)c2nc(-c3c(F)ccc(OC(C)C)c3F)ccc2N)cc(N)n1. The molecule has 0 radical (unpaired) electrons. The second kappa shape index (κ2) is 10.1. The average molecular weight is 490 g/mol. The van der Waals surface area contributed by atoms with Crippen LogP contribution >= 0.6 is 0 Å². The van der Waals surface area contributed by atoms with Gasteiger partial charge < -0.3 is 16.2 Å². The van der Waals surface area contributed by atoms with Crippen LogP contribution in [0.3, 0.4) is 0 Å². The van der Waals surface area contributed by atoms with Crippen molar-refractivity contribution in [3.05, 3.63) is 83.4 Å². The van der Waals surface area contributed by atoms with Crippen LogP contribution < -0.4 is 16.2 Å². The summed E-state index contributed by atoms with van der Waals surface area (Å²) in [5.74, 6) is -1.93. The Balaban J connectivity index is 1.72.